The minimum atomic E-state index is 0.374. The van der Waals surface area contributed by atoms with Crippen molar-refractivity contribution in [2.75, 3.05) is 0 Å². The maximum absolute atomic E-state index is 11.0. The minimum Gasteiger partial charge on any atom is -0.299 e. The number of rotatable bonds is 2. The predicted octanol–water partition coefficient (Wildman–Crippen LogP) is 3.73. The van der Waals surface area contributed by atoms with E-state index >= 15 is 0 Å². The van der Waals surface area contributed by atoms with Crippen molar-refractivity contribution in [1.29, 1.82) is 0 Å². The third-order valence-corrected chi connectivity index (χ3v) is 4.35. The fourth-order valence-corrected chi connectivity index (χ4v) is 3.13. The van der Waals surface area contributed by atoms with Gasteiger partial charge in [-0.1, -0.05) is 11.6 Å². The lowest BCUT2D eigenvalue weighted by Crippen LogP contribution is -2.04. The van der Waals surface area contributed by atoms with Crippen LogP contribution in [0.1, 0.15) is 24.1 Å². The zero-order valence-corrected chi connectivity index (χ0v) is 10.2. The molecule has 0 N–H and O–H groups in total. The van der Waals surface area contributed by atoms with E-state index in [1.165, 1.54) is 14.9 Å². The van der Waals surface area contributed by atoms with Gasteiger partial charge in [-0.3, -0.25) is 4.79 Å². The molecular formula is C11H11BrOS. The van der Waals surface area contributed by atoms with Gasteiger partial charge < -0.3 is 0 Å². The molecule has 1 aromatic rings. The van der Waals surface area contributed by atoms with Gasteiger partial charge in [0.05, 0.1) is 0 Å². The number of thiophene rings is 1. The molecule has 0 bridgehead atoms. The molecule has 0 saturated heterocycles. The predicted molar refractivity (Wildman–Crippen MR) is 62.7 cm³/mol. The Hall–Kier alpha value is -0.410. The fraction of sp³-hybridized carbons (Fsp3) is 0.364. The third-order valence-electron chi connectivity index (χ3n) is 2.42. The van der Waals surface area contributed by atoms with E-state index < -0.39 is 0 Å². The van der Waals surface area contributed by atoms with Crippen LogP contribution in [0, 0.1) is 0 Å². The van der Waals surface area contributed by atoms with E-state index in [4.69, 9.17) is 0 Å². The monoisotopic (exact) mass is 270 g/mol. The highest BCUT2D eigenvalue weighted by molar-refractivity contribution is 9.10. The fourth-order valence-electron chi connectivity index (χ4n) is 1.58. The van der Waals surface area contributed by atoms with Gasteiger partial charge in [0.2, 0.25) is 0 Å². The Morgan fingerprint density at radius 2 is 2.29 bits per heavy atom. The second-order valence-electron chi connectivity index (χ2n) is 3.47. The number of carbonyl (C=O) groups excluding carboxylic acids is 1. The van der Waals surface area contributed by atoms with Gasteiger partial charge in [0, 0.05) is 28.6 Å². The van der Waals surface area contributed by atoms with Gasteiger partial charge in [-0.15, -0.1) is 11.3 Å². The molecule has 2 rings (SSSR count). The van der Waals surface area contributed by atoms with Crippen molar-refractivity contribution in [2.45, 2.75) is 25.7 Å². The van der Waals surface area contributed by atoms with Crippen LogP contribution in [0.4, 0.5) is 0 Å². The average molecular weight is 271 g/mol. The Kier molecular flexibility index (Phi) is 3.19. The molecular weight excluding hydrogens is 260 g/mol. The summed E-state index contributed by atoms with van der Waals surface area (Å²) in [7, 11) is 0. The van der Waals surface area contributed by atoms with Gasteiger partial charge in [-0.05, 0) is 33.8 Å². The molecule has 1 nitrogen and oxygen atoms in total. The molecule has 0 fully saturated rings. The van der Waals surface area contributed by atoms with Crippen molar-refractivity contribution in [1.82, 2.24) is 0 Å². The van der Waals surface area contributed by atoms with Gasteiger partial charge in [-0.2, -0.15) is 0 Å². The smallest absolute Gasteiger partial charge is 0.136 e. The first-order chi connectivity index (χ1) is 6.75. The first-order valence-electron chi connectivity index (χ1n) is 4.67. The number of ketones is 1. The lowest BCUT2D eigenvalue weighted by Gasteiger charge is -2.11. The molecule has 1 aliphatic rings. The van der Waals surface area contributed by atoms with E-state index in [1.807, 2.05) is 0 Å². The van der Waals surface area contributed by atoms with E-state index in [-0.39, 0.29) is 0 Å². The van der Waals surface area contributed by atoms with Crippen molar-refractivity contribution < 1.29 is 4.79 Å². The van der Waals surface area contributed by atoms with E-state index in [1.54, 1.807) is 11.3 Å². The zero-order chi connectivity index (χ0) is 9.97. The Bertz CT molecular complexity index is 378. The number of hydrogen-bond donors (Lipinski definition) is 0. The van der Waals surface area contributed by atoms with Crippen LogP contribution in [-0.2, 0) is 11.2 Å². The molecule has 1 heterocycles. The standard InChI is InChI=1S/C11H11BrOS/c12-10-5-6-14-11(10)7-8-1-3-9(13)4-2-8/h1,5-6H,2-4,7H2. The van der Waals surface area contributed by atoms with Crippen LogP contribution in [0.3, 0.4) is 0 Å². The number of carbonyl (C=O) groups is 1. The van der Waals surface area contributed by atoms with E-state index in [2.05, 4.69) is 33.5 Å². The van der Waals surface area contributed by atoms with E-state index in [9.17, 15) is 4.79 Å². The highest BCUT2D eigenvalue weighted by Crippen LogP contribution is 2.28. The van der Waals surface area contributed by atoms with Crippen LogP contribution >= 0.6 is 27.3 Å². The SMILES string of the molecule is O=C1CC=C(Cc2sccc2Br)CC1. The highest BCUT2D eigenvalue weighted by atomic mass is 79.9. The summed E-state index contributed by atoms with van der Waals surface area (Å²) in [6.45, 7) is 0. The molecule has 0 atom stereocenters. The lowest BCUT2D eigenvalue weighted by molar-refractivity contribution is -0.118. The Labute approximate surface area is 96.0 Å². The van der Waals surface area contributed by atoms with Gasteiger partial charge in [0.15, 0.2) is 0 Å². The maximum Gasteiger partial charge on any atom is 0.136 e. The topological polar surface area (TPSA) is 17.1 Å². The molecule has 14 heavy (non-hydrogen) atoms. The molecule has 0 amide bonds. The summed E-state index contributed by atoms with van der Waals surface area (Å²) in [5, 5.41) is 2.09. The summed E-state index contributed by atoms with van der Waals surface area (Å²) in [5.41, 5.74) is 1.41. The summed E-state index contributed by atoms with van der Waals surface area (Å²) >= 11 is 5.29. The average Bonchev–Trinajstić information content (AvgIpc) is 2.56. The van der Waals surface area contributed by atoms with Crippen LogP contribution in [-0.4, -0.2) is 5.78 Å². The van der Waals surface area contributed by atoms with Crippen molar-refractivity contribution in [2.24, 2.45) is 0 Å². The second kappa shape index (κ2) is 4.41. The molecule has 1 aliphatic carbocycles. The summed E-state index contributed by atoms with van der Waals surface area (Å²) < 4.78 is 1.19. The van der Waals surface area contributed by atoms with E-state index in [0.29, 0.717) is 12.2 Å². The first-order valence-corrected chi connectivity index (χ1v) is 6.34. The molecule has 3 heteroatoms. The van der Waals surface area contributed by atoms with Crippen molar-refractivity contribution in [3.63, 3.8) is 0 Å². The quantitative estimate of drug-likeness (QED) is 0.749. The zero-order valence-electron chi connectivity index (χ0n) is 7.75. The number of allylic oxidation sites excluding steroid dienone is 2. The number of Topliss-reactive ketones (excluding diaryl/α,β-unsaturated/α-hetero) is 1. The summed E-state index contributed by atoms with van der Waals surface area (Å²) in [4.78, 5) is 12.4. The largest absolute Gasteiger partial charge is 0.299 e. The molecule has 0 radical (unpaired) electrons. The molecule has 0 aromatic carbocycles. The molecule has 74 valence electrons. The highest BCUT2D eigenvalue weighted by Gasteiger charge is 2.12. The molecule has 0 aliphatic heterocycles. The van der Waals surface area contributed by atoms with Gasteiger partial charge >= 0.3 is 0 Å². The molecule has 0 unspecified atom stereocenters. The van der Waals surface area contributed by atoms with Crippen LogP contribution in [0.5, 0.6) is 0 Å². The Morgan fingerprint density at radius 3 is 2.86 bits per heavy atom. The maximum atomic E-state index is 11.0. The first kappa shape index (κ1) is 10.1. The number of halogens is 1. The number of hydrogen-bond acceptors (Lipinski definition) is 2. The lowest BCUT2D eigenvalue weighted by atomic mass is 9.96. The molecule has 0 spiro atoms. The summed E-state index contributed by atoms with van der Waals surface area (Å²) in [6.07, 6.45) is 5.42. The Morgan fingerprint density at radius 1 is 1.43 bits per heavy atom. The normalized spacial score (nSPS) is 16.9. The summed E-state index contributed by atoms with van der Waals surface area (Å²) in [6, 6.07) is 2.08. The van der Waals surface area contributed by atoms with Gasteiger partial charge in [0.1, 0.15) is 5.78 Å². The molecule has 0 saturated carbocycles. The van der Waals surface area contributed by atoms with Crippen LogP contribution < -0.4 is 0 Å². The van der Waals surface area contributed by atoms with Crippen LogP contribution in [0.15, 0.2) is 27.6 Å². The molecule has 1 aromatic heterocycles. The van der Waals surface area contributed by atoms with Crippen LogP contribution in [0.25, 0.3) is 0 Å². The van der Waals surface area contributed by atoms with Crippen molar-refractivity contribution >= 4 is 33.0 Å². The van der Waals surface area contributed by atoms with Crippen molar-refractivity contribution in [3.05, 3.63) is 32.4 Å². The van der Waals surface area contributed by atoms with E-state index in [0.717, 1.165) is 19.3 Å². The van der Waals surface area contributed by atoms with Gasteiger partial charge in [0.25, 0.3) is 0 Å². The Balaban J connectivity index is 2.05. The van der Waals surface area contributed by atoms with Crippen molar-refractivity contribution in [3.8, 4) is 0 Å². The summed E-state index contributed by atoms with van der Waals surface area (Å²) in [5.74, 6) is 0.374. The third kappa shape index (κ3) is 2.34. The second-order valence-corrected chi connectivity index (χ2v) is 5.33. The van der Waals surface area contributed by atoms with Crippen LogP contribution in [0.2, 0.25) is 0 Å². The van der Waals surface area contributed by atoms with Gasteiger partial charge in [-0.25, -0.2) is 0 Å². The minimum absolute atomic E-state index is 0.374.